The van der Waals surface area contributed by atoms with Crippen molar-refractivity contribution in [3.8, 4) is 0 Å². The van der Waals surface area contributed by atoms with E-state index in [4.69, 9.17) is 4.74 Å². The fraction of sp³-hybridized carbons (Fsp3) is 0.391. The third-order valence-electron chi connectivity index (χ3n) is 5.16. The molecule has 1 aromatic heterocycles. The van der Waals surface area contributed by atoms with E-state index >= 15 is 0 Å². The van der Waals surface area contributed by atoms with Crippen molar-refractivity contribution in [2.45, 2.75) is 32.6 Å². The van der Waals surface area contributed by atoms with E-state index in [1.807, 2.05) is 18.2 Å². The highest BCUT2D eigenvalue weighted by molar-refractivity contribution is 5.95. The molecule has 1 aliphatic rings. The van der Waals surface area contributed by atoms with Crippen molar-refractivity contribution in [2.24, 2.45) is 5.92 Å². The molecule has 0 radical (unpaired) electrons. The molecule has 0 saturated carbocycles. The maximum atomic E-state index is 12.5. The van der Waals surface area contributed by atoms with Crippen LogP contribution in [0.1, 0.15) is 36.7 Å². The number of piperidine rings is 1. The zero-order chi connectivity index (χ0) is 21.3. The second kappa shape index (κ2) is 10.5. The number of aliphatic hydroxyl groups is 1. The Morgan fingerprint density at radius 1 is 1.17 bits per heavy atom. The fourth-order valence-corrected chi connectivity index (χ4v) is 3.49. The molecule has 0 aliphatic carbocycles. The van der Waals surface area contributed by atoms with E-state index in [0.29, 0.717) is 38.2 Å². The summed E-state index contributed by atoms with van der Waals surface area (Å²) >= 11 is 0. The predicted octanol–water partition coefficient (Wildman–Crippen LogP) is 2.96. The highest BCUT2D eigenvalue weighted by Crippen LogP contribution is 2.20. The van der Waals surface area contributed by atoms with E-state index in [9.17, 15) is 14.7 Å². The molecule has 1 aliphatic heterocycles. The van der Waals surface area contributed by atoms with E-state index in [1.54, 1.807) is 17.9 Å². The normalized spacial score (nSPS) is 15.1. The molecule has 7 heteroatoms. The number of likely N-dealkylation sites (tertiary alicyclic amines) is 1. The van der Waals surface area contributed by atoms with Crippen molar-refractivity contribution in [1.82, 2.24) is 14.9 Å². The summed E-state index contributed by atoms with van der Waals surface area (Å²) in [7, 11) is 0. The van der Waals surface area contributed by atoms with Gasteiger partial charge in [0, 0.05) is 24.9 Å². The Kier molecular flexibility index (Phi) is 7.54. The van der Waals surface area contributed by atoms with Crippen LogP contribution in [0.2, 0.25) is 0 Å². The molecular weight excluding hydrogens is 382 g/mol. The van der Waals surface area contributed by atoms with E-state index < -0.39 is 5.91 Å². The Hall–Kier alpha value is -3.22. The summed E-state index contributed by atoms with van der Waals surface area (Å²) in [6, 6.07) is 11.9. The fourth-order valence-electron chi connectivity index (χ4n) is 3.49. The van der Waals surface area contributed by atoms with Gasteiger partial charge in [-0.1, -0.05) is 30.3 Å². The molecule has 1 amide bonds. The number of aliphatic hydroxyl groups excluding tert-OH is 1. The molecule has 2 heterocycles. The summed E-state index contributed by atoms with van der Waals surface area (Å²) in [6.45, 7) is 2.95. The first-order valence-electron chi connectivity index (χ1n) is 10.3. The number of amides is 1. The molecule has 1 aromatic carbocycles. The second-order valence-corrected chi connectivity index (χ2v) is 7.27. The van der Waals surface area contributed by atoms with Gasteiger partial charge in [0.15, 0.2) is 5.76 Å². The van der Waals surface area contributed by atoms with Crippen LogP contribution in [0.4, 0.5) is 0 Å². The van der Waals surface area contributed by atoms with Gasteiger partial charge >= 0.3 is 5.97 Å². The van der Waals surface area contributed by atoms with Crippen LogP contribution in [0.3, 0.4) is 0 Å². The number of hydrogen-bond acceptors (Lipinski definition) is 6. The maximum absolute atomic E-state index is 12.5. The Morgan fingerprint density at radius 2 is 1.90 bits per heavy atom. The van der Waals surface area contributed by atoms with Crippen molar-refractivity contribution >= 4 is 18.0 Å². The van der Waals surface area contributed by atoms with E-state index in [-0.39, 0.29) is 17.6 Å². The Morgan fingerprint density at radius 3 is 2.60 bits per heavy atom. The molecule has 1 N–H and O–H groups in total. The molecule has 2 aromatic rings. The van der Waals surface area contributed by atoms with Gasteiger partial charge in [-0.2, -0.15) is 0 Å². The van der Waals surface area contributed by atoms with Crippen LogP contribution in [-0.4, -0.2) is 51.5 Å². The van der Waals surface area contributed by atoms with Crippen molar-refractivity contribution in [2.75, 3.05) is 19.7 Å². The van der Waals surface area contributed by atoms with Gasteiger partial charge in [0.25, 0.3) is 5.91 Å². The van der Waals surface area contributed by atoms with Crippen molar-refractivity contribution < 1.29 is 19.4 Å². The number of ether oxygens (including phenoxy) is 1. The first-order chi connectivity index (χ1) is 14.6. The predicted molar refractivity (Wildman–Crippen MR) is 112 cm³/mol. The lowest BCUT2D eigenvalue weighted by atomic mass is 9.97. The van der Waals surface area contributed by atoms with Gasteiger partial charge in [0.1, 0.15) is 6.33 Å². The summed E-state index contributed by atoms with van der Waals surface area (Å²) in [5.41, 5.74) is 2.55. The van der Waals surface area contributed by atoms with Gasteiger partial charge in [0.05, 0.1) is 18.2 Å². The van der Waals surface area contributed by atoms with Crippen LogP contribution in [0.5, 0.6) is 0 Å². The molecule has 0 unspecified atom stereocenters. The third kappa shape index (κ3) is 5.89. The monoisotopic (exact) mass is 409 g/mol. The second-order valence-electron chi connectivity index (χ2n) is 7.27. The summed E-state index contributed by atoms with van der Waals surface area (Å²) in [5, 5.41) is 10.3. The molecule has 1 saturated heterocycles. The van der Waals surface area contributed by atoms with Gasteiger partial charge in [-0.3, -0.25) is 9.59 Å². The zero-order valence-electron chi connectivity index (χ0n) is 17.2. The minimum atomic E-state index is -0.457. The van der Waals surface area contributed by atoms with E-state index in [1.165, 1.54) is 18.0 Å². The van der Waals surface area contributed by atoms with Gasteiger partial charge in [-0.25, -0.2) is 9.97 Å². The third-order valence-corrected chi connectivity index (χ3v) is 5.16. The first kappa shape index (κ1) is 21.5. The molecule has 7 nitrogen and oxygen atoms in total. The minimum Gasteiger partial charge on any atom is -0.503 e. The molecule has 158 valence electrons. The molecule has 0 spiro atoms. The van der Waals surface area contributed by atoms with Crippen molar-refractivity contribution in [3.63, 3.8) is 0 Å². The molecule has 1 fully saturated rings. The molecule has 0 atom stereocenters. The van der Waals surface area contributed by atoms with Crippen LogP contribution in [0, 0.1) is 5.92 Å². The standard InChI is InChI=1S/C23H27N3O4/c1-2-30-23(29)18-10-12-26(13-11-18)22(28)21(27)15-20-14-19(24-16-25-20)9-8-17-6-4-3-5-7-17/h3-7,14-16,18,27H,2,8-13H2,1H3/b21-15-. The van der Waals surface area contributed by atoms with Gasteiger partial charge < -0.3 is 14.7 Å². The summed E-state index contributed by atoms with van der Waals surface area (Å²) in [5.74, 6) is -1.22. The molecule has 0 bridgehead atoms. The summed E-state index contributed by atoms with van der Waals surface area (Å²) < 4.78 is 5.05. The summed E-state index contributed by atoms with van der Waals surface area (Å²) in [4.78, 5) is 34.3. The minimum absolute atomic E-state index is 0.186. The molecule has 30 heavy (non-hydrogen) atoms. The number of carbonyl (C=O) groups excluding carboxylic acids is 2. The summed E-state index contributed by atoms with van der Waals surface area (Å²) in [6.07, 6.45) is 5.47. The highest BCUT2D eigenvalue weighted by Gasteiger charge is 2.29. The number of carbonyl (C=O) groups is 2. The van der Waals surface area contributed by atoms with Gasteiger partial charge in [-0.15, -0.1) is 0 Å². The van der Waals surface area contributed by atoms with Crippen LogP contribution in [0.25, 0.3) is 6.08 Å². The molecular formula is C23H27N3O4. The topological polar surface area (TPSA) is 92.6 Å². The first-order valence-corrected chi connectivity index (χ1v) is 10.3. The number of aryl methyl sites for hydroxylation is 2. The lowest BCUT2D eigenvalue weighted by molar-refractivity contribution is -0.151. The highest BCUT2D eigenvalue weighted by atomic mass is 16.5. The van der Waals surface area contributed by atoms with Crippen molar-refractivity contribution in [3.05, 3.63) is 65.4 Å². The number of esters is 1. The Labute approximate surface area is 176 Å². The zero-order valence-corrected chi connectivity index (χ0v) is 17.2. The Bertz CT molecular complexity index is 890. The number of rotatable bonds is 7. The lowest BCUT2D eigenvalue weighted by Gasteiger charge is -2.30. The van der Waals surface area contributed by atoms with Gasteiger partial charge in [0.2, 0.25) is 0 Å². The SMILES string of the molecule is CCOC(=O)C1CCN(C(=O)/C(O)=C/c2cc(CCc3ccccc3)ncn2)CC1. The quantitative estimate of drug-likeness (QED) is 0.429. The molecule has 3 rings (SSSR count). The number of hydrogen-bond donors (Lipinski definition) is 1. The van der Waals surface area contributed by atoms with E-state index in [2.05, 4.69) is 22.1 Å². The van der Waals surface area contributed by atoms with Crippen molar-refractivity contribution in [1.29, 1.82) is 0 Å². The van der Waals surface area contributed by atoms with Crippen LogP contribution >= 0.6 is 0 Å². The maximum Gasteiger partial charge on any atom is 0.309 e. The van der Waals surface area contributed by atoms with Gasteiger partial charge in [-0.05, 0) is 44.2 Å². The van der Waals surface area contributed by atoms with Crippen LogP contribution < -0.4 is 0 Å². The Balaban J connectivity index is 1.57. The number of benzene rings is 1. The van der Waals surface area contributed by atoms with E-state index in [0.717, 1.165) is 18.5 Å². The van der Waals surface area contributed by atoms with Crippen LogP contribution in [0.15, 0.2) is 48.5 Å². The number of aromatic nitrogens is 2. The largest absolute Gasteiger partial charge is 0.503 e. The average molecular weight is 409 g/mol. The smallest absolute Gasteiger partial charge is 0.309 e. The lowest BCUT2D eigenvalue weighted by Crippen LogP contribution is -2.41. The number of nitrogens with zero attached hydrogens (tertiary/aromatic N) is 3. The van der Waals surface area contributed by atoms with Crippen LogP contribution in [-0.2, 0) is 27.2 Å². The average Bonchev–Trinajstić information content (AvgIpc) is 2.78.